The molecule has 0 saturated carbocycles. The number of carbonyl (C=O) groups is 1. The van der Waals surface area contributed by atoms with E-state index in [1.54, 1.807) is 79.9 Å². The van der Waals surface area contributed by atoms with Crippen LogP contribution in [0.5, 0.6) is 17.2 Å². The van der Waals surface area contributed by atoms with Gasteiger partial charge >= 0.3 is 0 Å². The van der Waals surface area contributed by atoms with Crippen molar-refractivity contribution in [2.75, 3.05) is 26.6 Å². The van der Waals surface area contributed by atoms with Gasteiger partial charge in [0.2, 0.25) is 0 Å². The number of nitriles is 1. The minimum absolute atomic E-state index is 0.205. The molecule has 0 aliphatic rings. The van der Waals surface area contributed by atoms with Crippen molar-refractivity contribution in [1.82, 2.24) is 4.57 Å². The van der Waals surface area contributed by atoms with Crippen molar-refractivity contribution >= 4 is 34.6 Å². The van der Waals surface area contributed by atoms with Crippen LogP contribution in [0.4, 0.5) is 5.69 Å². The third-order valence-electron chi connectivity index (χ3n) is 5.45. The highest BCUT2D eigenvalue weighted by molar-refractivity contribution is 7.07. The number of ether oxygens (including phenoxy) is 3. The number of methoxy groups -OCH3 is 3. The van der Waals surface area contributed by atoms with Gasteiger partial charge in [0.25, 0.3) is 11.5 Å². The van der Waals surface area contributed by atoms with Gasteiger partial charge in [-0.1, -0.05) is 36.4 Å². The Labute approximate surface area is 216 Å². The molecule has 8 nitrogen and oxygen atoms in total. The lowest BCUT2D eigenvalue weighted by molar-refractivity contribution is -0.111. The zero-order chi connectivity index (χ0) is 26.4. The molecular weight excluding hydrogens is 490 g/mol. The second-order valence-electron chi connectivity index (χ2n) is 7.65. The number of thiazole rings is 1. The predicted octanol–water partition coefficient (Wildman–Crippen LogP) is 3.07. The van der Waals surface area contributed by atoms with Gasteiger partial charge in [0.1, 0.15) is 16.5 Å². The van der Waals surface area contributed by atoms with Gasteiger partial charge in [0, 0.05) is 0 Å². The van der Waals surface area contributed by atoms with Crippen LogP contribution in [0.25, 0.3) is 17.3 Å². The molecule has 0 aliphatic carbocycles. The van der Waals surface area contributed by atoms with E-state index >= 15 is 0 Å². The highest BCUT2D eigenvalue weighted by Crippen LogP contribution is 2.27. The molecule has 4 rings (SSSR count). The number of para-hydroxylation sites is 3. The van der Waals surface area contributed by atoms with Crippen molar-refractivity contribution in [3.63, 3.8) is 0 Å². The molecule has 0 aliphatic heterocycles. The third kappa shape index (κ3) is 5.24. The van der Waals surface area contributed by atoms with Crippen molar-refractivity contribution in [2.24, 2.45) is 0 Å². The maximum atomic E-state index is 13.6. The number of hydrogen-bond acceptors (Lipinski definition) is 7. The van der Waals surface area contributed by atoms with Gasteiger partial charge in [-0.25, -0.2) is 0 Å². The summed E-state index contributed by atoms with van der Waals surface area (Å²) in [4.78, 5) is 26.8. The standard InChI is InChI=1S/C28H23N3O5S/c1-34-22-12-8-7-11-21(22)30-26(32)20(17-29)28-31(19-9-5-4-6-10-19)27(33)25(37-28)16-18-13-14-23(35-2)24(15-18)36-3/h4-16H,1-3H3,(H,30,32). The lowest BCUT2D eigenvalue weighted by atomic mass is 10.2. The fourth-order valence-electron chi connectivity index (χ4n) is 3.68. The van der Waals surface area contributed by atoms with Crippen LogP contribution < -0.4 is 34.3 Å². The molecule has 186 valence electrons. The van der Waals surface area contributed by atoms with E-state index in [1.165, 1.54) is 18.8 Å². The zero-order valence-corrected chi connectivity index (χ0v) is 21.2. The monoisotopic (exact) mass is 513 g/mol. The Morgan fingerprint density at radius 2 is 1.59 bits per heavy atom. The van der Waals surface area contributed by atoms with Crippen LogP contribution in [0.15, 0.2) is 77.6 Å². The predicted molar refractivity (Wildman–Crippen MR) is 143 cm³/mol. The quantitative estimate of drug-likeness (QED) is 0.408. The number of carbonyl (C=O) groups excluding carboxylic acids is 1. The number of anilines is 1. The van der Waals surface area contributed by atoms with E-state index in [9.17, 15) is 14.9 Å². The number of benzene rings is 3. The number of nitrogens with zero attached hydrogens (tertiary/aromatic N) is 2. The zero-order valence-electron chi connectivity index (χ0n) is 20.3. The van der Waals surface area contributed by atoms with E-state index in [0.29, 0.717) is 38.7 Å². The SMILES string of the molecule is COc1ccccc1NC(=O)C(C#N)=c1sc(=Cc2ccc(OC)c(OC)c2)c(=O)n1-c1ccccc1. The molecule has 0 unspecified atom stereocenters. The Bertz CT molecular complexity index is 1670. The molecule has 1 N–H and O–H groups in total. The van der Waals surface area contributed by atoms with E-state index in [1.807, 2.05) is 12.1 Å². The first-order valence-electron chi connectivity index (χ1n) is 11.1. The van der Waals surface area contributed by atoms with Gasteiger partial charge in [-0.2, -0.15) is 5.26 Å². The van der Waals surface area contributed by atoms with E-state index in [0.717, 1.165) is 11.3 Å². The lowest BCUT2D eigenvalue weighted by Gasteiger charge is -2.09. The fourth-order valence-corrected chi connectivity index (χ4v) is 4.79. The summed E-state index contributed by atoms with van der Waals surface area (Å²) < 4.78 is 17.9. The summed E-state index contributed by atoms with van der Waals surface area (Å²) >= 11 is 1.05. The molecule has 37 heavy (non-hydrogen) atoms. The molecule has 1 aromatic heterocycles. The molecule has 0 spiro atoms. The molecule has 1 heterocycles. The van der Waals surface area contributed by atoms with Crippen molar-refractivity contribution in [3.8, 4) is 29.0 Å². The van der Waals surface area contributed by atoms with E-state index in [-0.39, 0.29) is 15.8 Å². The molecule has 0 radical (unpaired) electrons. The molecule has 0 saturated heterocycles. The summed E-state index contributed by atoms with van der Waals surface area (Å²) in [6.07, 6.45) is 1.69. The van der Waals surface area contributed by atoms with Gasteiger partial charge in [-0.05, 0) is 48.0 Å². The summed E-state index contributed by atoms with van der Waals surface area (Å²) in [6, 6.07) is 23.0. The molecule has 0 fully saturated rings. The Balaban J connectivity index is 1.94. The van der Waals surface area contributed by atoms with Crippen LogP contribution in [0.1, 0.15) is 5.56 Å². The molecule has 0 atom stereocenters. The van der Waals surface area contributed by atoms with Gasteiger partial charge < -0.3 is 19.5 Å². The molecule has 4 aromatic rings. The fraction of sp³-hybridized carbons (Fsp3) is 0.107. The Morgan fingerprint density at radius 3 is 2.27 bits per heavy atom. The summed E-state index contributed by atoms with van der Waals surface area (Å²) in [7, 11) is 4.56. The van der Waals surface area contributed by atoms with Crippen LogP contribution in [0, 0.1) is 11.3 Å². The smallest absolute Gasteiger partial charge is 0.273 e. The van der Waals surface area contributed by atoms with Crippen molar-refractivity contribution < 1.29 is 19.0 Å². The third-order valence-corrected chi connectivity index (χ3v) is 6.54. The minimum atomic E-state index is -0.657. The largest absolute Gasteiger partial charge is 0.495 e. The van der Waals surface area contributed by atoms with Gasteiger partial charge in [0.05, 0.1) is 37.2 Å². The van der Waals surface area contributed by atoms with Crippen molar-refractivity contribution in [2.45, 2.75) is 0 Å². The van der Waals surface area contributed by atoms with Gasteiger partial charge in [-0.15, -0.1) is 11.3 Å². The number of amides is 1. The first-order chi connectivity index (χ1) is 18.0. The number of nitrogens with one attached hydrogen (secondary N) is 1. The highest BCUT2D eigenvalue weighted by atomic mass is 32.1. The number of rotatable bonds is 7. The molecule has 1 amide bonds. The Morgan fingerprint density at radius 1 is 0.919 bits per heavy atom. The molecular formula is C28H23N3O5S. The highest BCUT2D eigenvalue weighted by Gasteiger charge is 2.18. The van der Waals surface area contributed by atoms with Crippen molar-refractivity contribution in [3.05, 3.63) is 97.9 Å². The van der Waals surface area contributed by atoms with E-state index in [4.69, 9.17) is 14.2 Å². The average molecular weight is 514 g/mol. The van der Waals surface area contributed by atoms with Crippen LogP contribution >= 0.6 is 11.3 Å². The summed E-state index contributed by atoms with van der Waals surface area (Å²) in [6.45, 7) is 0. The normalized spacial score (nSPS) is 11.9. The second kappa shape index (κ2) is 11.3. The Kier molecular flexibility index (Phi) is 7.71. The first kappa shape index (κ1) is 25.3. The molecule has 9 heteroatoms. The van der Waals surface area contributed by atoms with Gasteiger partial charge in [0.15, 0.2) is 17.1 Å². The maximum Gasteiger partial charge on any atom is 0.273 e. The topological polar surface area (TPSA) is 103 Å². The molecule has 0 bridgehead atoms. The van der Waals surface area contributed by atoms with Crippen LogP contribution in [-0.2, 0) is 4.79 Å². The summed E-state index contributed by atoms with van der Waals surface area (Å²) in [5.41, 5.74) is 1.07. The van der Waals surface area contributed by atoms with Crippen LogP contribution in [-0.4, -0.2) is 31.8 Å². The number of aromatic nitrogens is 1. The van der Waals surface area contributed by atoms with Gasteiger partial charge in [-0.3, -0.25) is 14.2 Å². The maximum absolute atomic E-state index is 13.6. The van der Waals surface area contributed by atoms with E-state index < -0.39 is 5.91 Å². The lowest BCUT2D eigenvalue weighted by Crippen LogP contribution is -2.32. The first-order valence-corrected chi connectivity index (χ1v) is 11.9. The van der Waals surface area contributed by atoms with Crippen LogP contribution in [0.2, 0.25) is 0 Å². The number of hydrogen-bond donors (Lipinski definition) is 1. The van der Waals surface area contributed by atoms with E-state index in [2.05, 4.69) is 5.32 Å². The van der Waals surface area contributed by atoms with Crippen LogP contribution in [0.3, 0.4) is 0 Å². The summed E-state index contributed by atoms with van der Waals surface area (Å²) in [5.74, 6) is 0.857. The van der Waals surface area contributed by atoms with Crippen molar-refractivity contribution in [1.29, 1.82) is 5.26 Å². The molecule has 3 aromatic carbocycles. The second-order valence-corrected chi connectivity index (χ2v) is 8.68. The Hall–Kier alpha value is -4.81. The minimum Gasteiger partial charge on any atom is -0.495 e. The summed E-state index contributed by atoms with van der Waals surface area (Å²) in [5, 5.41) is 12.7. The average Bonchev–Trinajstić information content (AvgIpc) is 3.24.